The molecule has 0 saturated carbocycles. The van der Waals surface area contributed by atoms with Crippen LogP contribution in [0.25, 0.3) is 22.2 Å². The number of benzene rings is 1. The van der Waals surface area contributed by atoms with Crippen LogP contribution >= 0.6 is 0 Å². The highest BCUT2D eigenvalue weighted by Gasteiger charge is 2.45. The topological polar surface area (TPSA) is 122 Å². The molecule has 1 aromatic carbocycles. The van der Waals surface area contributed by atoms with Gasteiger partial charge in [-0.15, -0.1) is 0 Å². The predicted molar refractivity (Wildman–Crippen MR) is 158 cm³/mol. The Hall–Kier alpha value is -3.41. The number of piperidine rings is 1. The Morgan fingerprint density at radius 1 is 1.29 bits per heavy atom. The first-order chi connectivity index (χ1) is 20.2. The van der Waals surface area contributed by atoms with Crippen molar-refractivity contribution < 1.29 is 19.0 Å². The highest BCUT2D eigenvalue weighted by molar-refractivity contribution is 5.86. The maximum absolute atomic E-state index is 15.1. The number of amides is 1. The van der Waals surface area contributed by atoms with Gasteiger partial charge < -0.3 is 25.0 Å². The minimum absolute atomic E-state index is 0.0214. The van der Waals surface area contributed by atoms with E-state index in [1.807, 2.05) is 13.0 Å². The van der Waals surface area contributed by atoms with Gasteiger partial charge in [0, 0.05) is 54.5 Å². The molecule has 0 aliphatic carbocycles. The molecule has 5 heterocycles. The third-order valence-electron chi connectivity index (χ3n) is 9.14. The number of carbonyl (C=O) groups excluding carboxylic acids is 1. The SMILES string of the molecule is Cc1c(CN2CCC[C@]3(CCNC3=O)C2)n(C(C)C)c2cc(-c3nc(N[C@@H]4CCOC[C@H]4O)ncc3F)ccc2c1=O. The van der Waals surface area contributed by atoms with E-state index >= 15 is 4.39 Å². The Kier molecular flexibility index (Phi) is 7.75. The monoisotopic (exact) mass is 578 g/mol. The fourth-order valence-electron chi connectivity index (χ4n) is 6.89. The number of aliphatic hydroxyl groups is 1. The number of hydrogen-bond donors (Lipinski definition) is 3. The summed E-state index contributed by atoms with van der Waals surface area (Å²) in [6.07, 6.45) is 3.66. The Morgan fingerprint density at radius 2 is 2.12 bits per heavy atom. The summed E-state index contributed by atoms with van der Waals surface area (Å²) >= 11 is 0. The van der Waals surface area contributed by atoms with E-state index < -0.39 is 11.9 Å². The summed E-state index contributed by atoms with van der Waals surface area (Å²) < 4.78 is 22.6. The summed E-state index contributed by atoms with van der Waals surface area (Å²) in [4.78, 5) is 37.2. The van der Waals surface area contributed by atoms with Gasteiger partial charge in [0.2, 0.25) is 11.9 Å². The van der Waals surface area contributed by atoms with Gasteiger partial charge in [-0.1, -0.05) is 6.07 Å². The molecule has 224 valence electrons. The van der Waals surface area contributed by atoms with E-state index in [1.165, 1.54) is 0 Å². The number of ether oxygens (including phenoxy) is 1. The Morgan fingerprint density at radius 3 is 2.86 bits per heavy atom. The molecule has 42 heavy (non-hydrogen) atoms. The van der Waals surface area contributed by atoms with Crippen LogP contribution in [0.15, 0.2) is 29.2 Å². The van der Waals surface area contributed by atoms with Crippen molar-refractivity contribution in [2.75, 3.05) is 38.2 Å². The van der Waals surface area contributed by atoms with Crippen molar-refractivity contribution in [3.05, 3.63) is 51.7 Å². The van der Waals surface area contributed by atoms with Crippen LogP contribution in [-0.2, 0) is 16.1 Å². The van der Waals surface area contributed by atoms with E-state index in [-0.39, 0.29) is 47.1 Å². The van der Waals surface area contributed by atoms with E-state index in [9.17, 15) is 14.7 Å². The largest absolute Gasteiger partial charge is 0.389 e. The molecule has 3 fully saturated rings. The number of carbonyl (C=O) groups is 1. The molecule has 0 radical (unpaired) electrons. The zero-order chi connectivity index (χ0) is 29.6. The lowest BCUT2D eigenvalue weighted by molar-refractivity contribution is -0.130. The second kappa shape index (κ2) is 11.3. The molecule has 3 N–H and O–H groups in total. The fourth-order valence-corrected chi connectivity index (χ4v) is 6.89. The molecule has 1 spiro atoms. The van der Waals surface area contributed by atoms with Gasteiger partial charge in [0.1, 0.15) is 5.69 Å². The molecule has 3 saturated heterocycles. The minimum atomic E-state index is -0.712. The molecule has 3 aromatic rings. The summed E-state index contributed by atoms with van der Waals surface area (Å²) in [6.45, 7) is 9.56. The predicted octanol–water partition coefficient (Wildman–Crippen LogP) is 3.15. The van der Waals surface area contributed by atoms with Gasteiger partial charge in [0.25, 0.3) is 0 Å². The summed E-state index contributed by atoms with van der Waals surface area (Å²) in [6, 6.07) is 5.03. The van der Waals surface area contributed by atoms with Crippen molar-refractivity contribution >= 4 is 22.8 Å². The number of hydrogen-bond acceptors (Lipinski definition) is 8. The smallest absolute Gasteiger partial charge is 0.227 e. The average molecular weight is 579 g/mol. The molecule has 2 aromatic heterocycles. The molecular formula is C31H39FN6O4. The van der Waals surface area contributed by atoms with Crippen molar-refractivity contribution in [1.29, 1.82) is 0 Å². The van der Waals surface area contributed by atoms with Gasteiger partial charge in [-0.05, 0) is 65.1 Å². The maximum atomic E-state index is 15.1. The molecule has 0 bridgehead atoms. The van der Waals surface area contributed by atoms with Gasteiger partial charge in [0.15, 0.2) is 11.2 Å². The van der Waals surface area contributed by atoms with Gasteiger partial charge in [-0.3, -0.25) is 14.5 Å². The number of aromatic nitrogens is 3. The summed E-state index contributed by atoms with van der Waals surface area (Å²) in [5, 5.41) is 17.0. The first-order valence-electron chi connectivity index (χ1n) is 14.9. The lowest BCUT2D eigenvalue weighted by atomic mass is 9.78. The minimum Gasteiger partial charge on any atom is -0.389 e. The third-order valence-corrected chi connectivity index (χ3v) is 9.14. The molecule has 1 amide bonds. The molecule has 10 nitrogen and oxygen atoms in total. The van der Waals surface area contributed by atoms with Gasteiger partial charge in [-0.2, -0.15) is 0 Å². The van der Waals surface area contributed by atoms with Crippen molar-refractivity contribution in [3.8, 4) is 11.3 Å². The van der Waals surface area contributed by atoms with E-state index in [0.717, 1.165) is 37.7 Å². The van der Waals surface area contributed by atoms with E-state index in [4.69, 9.17) is 4.74 Å². The second-order valence-corrected chi connectivity index (χ2v) is 12.3. The fraction of sp³-hybridized carbons (Fsp3) is 0.548. The molecule has 3 aliphatic heterocycles. The molecule has 0 unspecified atom stereocenters. The summed E-state index contributed by atoms with van der Waals surface area (Å²) in [5.74, 6) is -0.217. The number of likely N-dealkylation sites (tertiary alicyclic amines) is 1. The van der Waals surface area contributed by atoms with Gasteiger partial charge in [-0.25, -0.2) is 14.4 Å². The standard InChI is InChI=1S/C31H39FN6O4/c1-18(2)38-24-13-20(27-22(32)14-34-30(36-27)35-23-7-12-42-16-26(23)39)5-6-21(24)28(40)19(3)25(38)15-37-11-4-8-31(17-37)9-10-33-29(31)41/h5-6,13-14,18,23,26,39H,4,7-12,15-17H2,1-3H3,(H,33,41)(H,34,35,36)/t23-,26-,31+/m1/s1. The number of pyridine rings is 1. The van der Waals surface area contributed by atoms with Crippen LogP contribution in [0.1, 0.15) is 56.8 Å². The zero-order valence-electron chi connectivity index (χ0n) is 24.5. The van der Waals surface area contributed by atoms with Crippen LogP contribution in [0.5, 0.6) is 0 Å². The van der Waals surface area contributed by atoms with Gasteiger partial charge >= 0.3 is 0 Å². The van der Waals surface area contributed by atoms with Crippen molar-refractivity contribution in [2.45, 2.75) is 71.2 Å². The summed E-state index contributed by atoms with van der Waals surface area (Å²) in [7, 11) is 0. The van der Waals surface area contributed by atoms with Crippen LogP contribution in [0.3, 0.4) is 0 Å². The summed E-state index contributed by atoms with van der Waals surface area (Å²) in [5.41, 5.74) is 2.56. The van der Waals surface area contributed by atoms with Crippen LogP contribution < -0.4 is 16.1 Å². The van der Waals surface area contributed by atoms with Crippen molar-refractivity contribution in [2.24, 2.45) is 5.41 Å². The third kappa shape index (κ3) is 5.18. The highest BCUT2D eigenvalue weighted by Crippen LogP contribution is 2.37. The van der Waals surface area contributed by atoms with Crippen molar-refractivity contribution in [3.63, 3.8) is 0 Å². The highest BCUT2D eigenvalue weighted by atomic mass is 19.1. The number of nitrogens with one attached hydrogen (secondary N) is 2. The van der Waals surface area contributed by atoms with Crippen molar-refractivity contribution in [1.82, 2.24) is 24.8 Å². The van der Waals surface area contributed by atoms with E-state index in [2.05, 4.69) is 43.9 Å². The van der Waals surface area contributed by atoms with Gasteiger partial charge in [0.05, 0.1) is 35.9 Å². The number of aliphatic hydroxyl groups excluding tert-OH is 1. The molecule has 11 heteroatoms. The van der Waals surface area contributed by atoms with Crippen LogP contribution in [0, 0.1) is 18.2 Å². The molecule has 6 rings (SSSR count). The molecule has 3 aliphatic rings. The van der Waals surface area contributed by atoms with Crippen LogP contribution in [-0.4, -0.2) is 75.4 Å². The Labute approximate surface area is 244 Å². The van der Waals surface area contributed by atoms with E-state index in [1.54, 1.807) is 12.1 Å². The number of rotatable bonds is 6. The quantitative estimate of drug-likeness (QED) is 0.408. The number of fused-ring (bicyclic) bond motifs is 1. The first kappa shape index (κ1) is 28.7. The van der Waals surface area contributed by atoms with Crippen LogP contribution in [0.4, 0.5) is 10.3 Å². The maximum Gasteiger partial charge on any atom is 0.227 e. The Balaban J connectivity index is 1.39. The first-order valence-corrected chi connectivity index (χ1v) is 14.9. The van der Waals surface area contributed by atoms with E-state index in [0.29, 0.717) is 54.7 Å². The lowest BCUT2D eigenvalue weighted by Crippen LogP contribution is -2.47. The normalized spacial score (nSPS) is 25.0. The Bertz CT molecular complexity index is 1580. The number of nitrogens with zero attached hydrogens (tertiary/aromatic N) is 4. The number of halogens is 1. The zero-order valence-corrected chi connectivity index (χ0v) is 24.5. The lowest BCUT2D eigenvalue weighted by Gasteiger charge is -2.39. The second-order valence-electron chi connectivity index (χ2n) is 12.3. The van der Waals surface area contributed by atoms with Crippen LogP contribution in [0.2, 0.25) is 0 Å². The molecular weight excluding hydrogens is 539 g/mol. The number of anilines is 1. The average Bonchev–Trinajstić information content (AvgIpc) is 3.31. The molecule has 3 atom stereocenters.